The number of halogens is 3. The Morgan fingerprint density at radius 1 is 1.28 bits per heavy atom. The molecular weight excluding hydrogens is 357 g/mol. The van der Waals surface area contributed by atoms with E-state index in [4.69, 9.17) is 0 Å². The van der Waals surface area contributed by atoms with Crippen molar-refractivity contribution in [3.63, 3.8) is 0 Å². The van der Waals surface area contributed by atoms with Gasteiger partial charge in [0.15, 0.2) is 11.0 Å². The normalized spacial score (nSPS) is 11.7. The van der Waals surface area contributed by atoms with Gasteiger partial charge >= 0.3 is 6.18 Å². The molecule has 0 aliphatic heterocycles. The van der Waals surface area contributed by atoms with E-state index in [1.165, 1.54) is 34.6 Å². The first-order valence-corrected chi connectivity index (χ1v) is 7.97. The Kier molecular flexibility index (Phi) is 4.57. The van der Waals surface area contributed by atoms with Crippen LogP contribution in [-0.4, -0.2) is 30.2 Å². The van der Waals surface area contributed by atoms with Crippen molar-refractivity contribution < 1.29 is 13.2 Å². The zero-order valence-corrected chi connectivity index (χ0v) is 13.6. The van der Waals surface area contributed by atoms with E-state index in [9.17, 15) is 18.0 Å². The minimum atomic E-state index is -4.45. The van der Waals surface area contributed by atoms with Gasteiger partial charge < -0.3 is 4.98 Å². The molecule has 2 heterocycles. The molecule has 1 aromatic carbocycles. The number of thioether (sulfide) groups is 1. The predicted octanol–water partition coefficient (Wildman–Crippen LogP) is 2.37. The third-order valence-corrected chi connectivity index (χ3v) is 4.01. The van der Waals surface area contributed by atoms with Gasteiger partial charge in [0, 0.05) is 11.8 Å². The molecule has 0 amide bonds. The number of aromatic amines is 1. The Balaban J connectivity index is 1.85. The molecule has 0 unspecified atom stereocenters. The van der Waals surface area contributed by atoms with E-state index in [0.717, 1.165) is 12.1 Å². The van der Waals surface area contributed by atoms with Crippen molar-refractivity contribution in [2.45, 2.75) is 24.0 Å². The number of rotatable bonds is 4. The van der Waals surface area contributed by atoms with Crippen LogP contribution in [0.4, 0.5) is 13.2 Å². The molecule has 0 atom stereocenters. The maximum Gasteiger partial charge on any atom is 0.416 e. The van der Waals surface area contributed by atoms with Crippen molar-refractivity contribution in [2.24, 2.45) is 0 Å². The summed E-state index contributed by atoms with van der Waals surface area (Å²) in [7, 11) is 0. The maximum absolute atomic E-state index is 12.8. The number of benzene rings is 1. The van der Waals surface area contributed by atoms with Crippen LogP contribution in [-0.2, 0) is 11.9 Å². The molecule has 3 aromatic rings. The predicted molar refractivity (Wildman–Crippen MR) is 83.3 cm³/mol. The van der Waals surface area contributed by atoms with Crippen molar-refractivity contribution in [3.05, 3.63) is 57.8 Å². The van der Waals surface area contributed by atoms with Gasteiger partial charge in [-0.15, -0.1) is 5.10 Å². The summed E-state index contributed by atoms with van der Waals surface area (Å²) in [6.07, 6.45) is -4.45. The highest BCUT2D eigenvalue weighted by molar-refractivity contribution is 7.98. The number of H-pyrrole nitrogens is 1. The molecule has 25 heavy (non-hydrogen) atoms. The van der Waals surface area contributed by atoms with Crippen molar-refractivity contribution in [1.82, 2.24) is 30.2 Å². The number of tetrazole rings is 1. The van der Waals surface area contributed by atoms with E-state index >= 15 is 0 Å². The van der Waals surface area contributed by atoms with E-state index < -0.39 is 11.7 Å². The smallest absolute Gasteiger partial charge is 0.301 e. The Morgan fingerprint density at radius 3 is 2.80 bits per heavy atom. The maximum atomic E-state index is 12.8. The molecule has 11 heteroatoms. The molecule has 0 radical (unpaired) electrons. The third-order valence-electron chi connectivity index (χ3n) is 3.14. The SMILES string of the molecule is Cc1cc(=O)[nH]c(SCc2nnnn2-c2cccc(C(F)(F)F)c2)n1. The third kappa shape index (κ3) is 4.05. The van der Waals surface area contributed by atoms with Crippen LogP contribution in [0.3, 0.4) is 0 Å². The molecule has 1 N–H and O–H groups in total. The van der Waals surface area contributed by atoms with Crippen LogP contribution >= 0.6 is 11.8 Å². The lowest BCUT2D eigenvalue weighted by molar-refractivity contribution is -0.137. The van der Waals surface area contributed by atoms with Crippen molar-refractivity contribution >= 4 is 11.8 Å². The molecule has 0 fully saturated rings. The minimum absolute atomic E-state index is 0.195. The Morgan fingerprint density at radius 2 is 2.08 bits per heavy atom. The largest absolute Gasteiger partial charge is 0.416 e. The van der Waals surface area contributed by atoms with Crippen molar-refractivity contribution in [2.75, 3.05) is 0 Å². The second kappa shape index (κ2) is 6.67. The number of alkyl halides is 3. The van der Waals surface area contributed by atoms with Gasteiger partial charge in [-0.2, -0.15) is 17.9 Å². The van der Waals surface area contributed by atoms with Crippen LogP contribution in [0, 0.1) is 6.92 Å². The highest BCUT2D eigenvalue weighted by Crippen LogP contribution is 2.30. The Hall–Kier alpha value is -2.69. The quantitative estimate of drug-likeness (QED) is 0.562. The second-order valence-corrected chi connectivity index (χ2v) is 6.00. The minimum Gasteiger partial charge on any atom is -0.301 e. The van der Waals surface area contributed by atoms with Gasteiger partial charge in [-0.05, 0) is 35.5 Å². The van der Waals surface area contributed by atoms with Crippen LogP contribution in [0.25, 0.3) is 5.69 Å². The summed E-state index contributed by atoms with van der Waals surface area (Å²) >= 11 is 1.17. The zero-order valence-electron chi connectivity index (χ0n) is 12.8. The van der Waals surface area contributed by atoms with E-state index in [1.807, 2.05) is 0 Å². The first-order chi connectivity index (χ1) is 11.8. The number of hydrogen-bond acceptors (Lipinski definition) is 6. The number of nitrogens with one attached hydrogen (secondary N) is 1. The van der Waals surface area contributed by atoms with Gasteiger partial charge in [0.1, 0.15) is 0 Å². The van der Waals surface area contributed by atoms with Gasteiger partial charge in [-0.1, -0.05) is 17.8 Å². The van der Waals surface area contributed by atoms with Crippen LogP contribution < -0.4 is 5.56 Å². The zero-order chi connectivity index (χ0) is 18.0. The van der Waals surface area contributed by atoms with E-state index in [-0.39, 0.29) is 17.0 Å². The highest BCUT2D eigenvalue weighted by atomic mass is 32.2. The summed E-state index contributed by atoms with van der Waals surface area (Å²) in [5.41, 5.74) is -0.318. The van der Waals surface area contributed by atoms with Crippen molar-refractivity contribution in [1.29, 1.82) is 0 Å². The fraction of sp³-hybridized carbons (Fsp3) is 0.214. The first kappa shape index (κ1) is 17.1. The van der Waals surface area contributed by atoms with Gasteiger partial charge in [-0.3, -0.25) is 4.79 Å². The van der Waals surface area contributed by atoms with Crippen molar-refractivity contribution in [3.8, 4) is 5.69 Å². The summed E-state index contributed by atoms with van der Waals surface area (Å²) < 4.78 is 39.8. The average Bonchev–Trinajstić information content (AvgIpc) is 3.00. The van der Waals surface area contributed by atoms with Crippen LogP contribution in [0.2, 0.25) is 0 Å². The molecule has 0 saturated heterocycles. The van der Waals surface area contributed by atoms with E-state index in [2.05, 4.69) is 25.5 Å². The van der Waals surface area contributed by atoms with Gasteiger partial charge in [-0.25, -0.2) is 4.98 Å². The molecule has 2 aromatic heterocycles. The standard InChI is InChI=1S/C14H11F3N6OS/c1-8-5-12(24)19-13(18-8)25-7-11-20-21-22-23(11)10-4-2-3-9(6-10)14(15,16)17/h2-6H,7H2,1H3,(H,18,19,24). The molecular formula is C14H11F3N6OS. The number of nitrogens with zero attached hydrogens (tertiary/aromatic N) is 5. The topological polar surface area (TPSA) is 89.4 Å². The number of aromatic nitrogens is 6. The lowest BCUT2D eigenvalue weighted by atomic mass is 10.2. The summed E-state index contributed by atoms with van der Waals surface area (Å²) in [4.78, 5) is 18.2. The Bertz CT molecular complexity index is 952. The van der Waals surface area contributed by atoms with Gasteiger partial charge in [0.25, 0.3) is 5.56 Å². The lowest BCUT2D eigenvalue weighted by Gasteiger charge is -2.09. The summed E-state index contributed by atoms with van der Waals surface area (Å²) in [5, 5.41) is 11.5. The van der Waals surface area contributed by atoms with Gasteiger partial charge in [0.05, 0.1) is 17.0 Å². The molecule has 130 valence electrons. The second-order valence-electron chi connectivity index (χ2n) is 5.04. The van der Waals surface area contributed by atoms with Crippen LogP contribution in [0.5, 0.6) is 0 Å². The molecule has 0 aliphatic rings. The summed E-state index contributed by atoms with van der Waals surface area (Å²) in [6, 6.07) is 6.07. The molecule has 0 bridgehead atoms. The summed E-state index contributed by atoms with van der Waals surface area (Å²) in [6.45, 7) is 1.69. The van der Waals surface area contributed by atoms with Gasteiger partial charge in [0.2, 0.25) is 0 Å². The molecule has 3 rings (SSSR count). The fourth-order valence-corrected chi connectivity index (χ4v) is 2.89. The molecule has 0 spiro atoms. The molecule has 0 saturated carbocycles. The number of hydrogen-bond donors (Lipinski definition) is 1. The van der Waals surface area contributed by atoms with Crippen LogP contribution in [0.1, 0.15) is 17.1 Å². The lowest BCUT2D eigenvalue weighted by Crippen LogP contribution is -2.09. The fourth-order valence-electron chi connectivity index (χ4n) is 2.06. The van der Waals surface area contributed by atoms with E-state index in [0.29, 0.717) is 16.7 Å². The Labute approximate surface area is 143 Å². The molecule has 7 nitrogen and oxygen atoms in total. The number of aryl methyl sites for hydroxylation is 1. The highest BCUT2D eigenvalue weighted by Gasteiger charge is 2.30. The molecule has 0 aliphatic carbocycles. The first-order valence-electron chi connectivity index (χ1n) is 6.98. The average molecular weight is 368 g/mol. The van der Waals surface area contributed by atoms with E-state index in [1.54, 1.807) is 6.92 Å². The monoisotopic (exact) mass is 368 g/mol. The summed E-state index contributed by atoms with van der Waals surface area (Å²) in [5.74, 6) is 0.545. The van der Waals surface area contributed by atoms with Crippen LogP contribution in [0.15, 0.2) is 40.3 Å².